The summed E-state index contributed by atoms with van der Waals surface area (Å²) < 4.78 is 9.78. The topological polar surface area (TPSA) is 81.4 Å². The van der Waals surface area contributed by atoms with E-state index in [9.17, 15) is 9.59 Å². The molecular formula is C14H11ClN2O4. The van der Waals surface area contributed by atoms with Gasteiger partial charge in [0.25, 0.3) is 5.91 Å². The van der Waals surface area contributed by atoms with Crippen molar-refractivity contribution < 1.29 is 18.7 Å². The normalized spacial score (nSPS) is 10.5. The van der Waals surface area contributed by atoms with Gasteiger partial charge in [0.1, 0.15) is 5.76 Å². The fourth-order valence-corrected chi connectivity index (χ4v) is 1.55. The van der Waals surface area contributed by atoms with E-state index in [1.54, 1.807) is 24.3 Å². The van der Waals surface area contributed by atoms with E-state index in [1.807, 2.05) is 0 Å². The lowest BCUT2D eigenvalue weighted by Gasteiger charge is -2.06. The van der Waals surface area contributed by atoms with Gasteiger partial charge < -0.3 is 14.5 Å². The largest absolute Gasteiger partial charge is 0.465 e. The van der Waals surface area contributed by atoms with Gasteiger partial charge in [-0.1, -0.05) is 11.6 Å². The maximum absolute atomic E-state index is 11.6. The molecule has 0 unspecified atom stereocenters. The average molecular weight is 307 g/mol. The Bertz CT molecular complexity index is 653. The average Bonchev–Trinajstić information content (AvgIpc) is 2.99. The van der Waals surface area contributed by atoms with Crippen LogP contribution in [0.25, 0.3) is 6.08 Å². The van der Waals surface area contributed by atoms with Crippen LogP contribution in [0.2, 0.25) is 5.15 Å². The van der Waals surface area contributed by atoms with Crippen molar-refractivity contribution in [3.05, 3.63) is 53.7 Å². The number of hydrogen-bond acceptors (Lipinski definition) is 5. The van der Waals surface area contributed by atoms with Gasteiger partial charge in [-0.25, -0.2) is 9.78 Å². The number of halogens is 1. The number of amides is 1. The second-order valence-electron chi connectivity index (χ2n) is 3.85. The molecule has 7 heteroatoms. The molecule has 1 amide bonds. The summed E-state index contributed by atoms with van der Waals surface area (Å²) in [7, 11) is 0. The van der Waals surface area contributed by atoms with Crippen molar-refractivity contribution in [1.82, 2.24) is 4.98 Å². The van der Waals surface area contributed by atoms with E-state index >= 15 is 0 Å². The van der Waals surface area contributed by atoms with Crippen LogP contribution in [0.15, 0.2) is 47.2 Å². The number of aromatic nitrogens is 1. The fraction of sp³-hybridized carbons (Fsp3) is 0.0714. The molecule has 0 radical (unpaired) electrons. The molecule has 2 aromatic heterocycles. The molecule has 2 heterocycles. The fourth-order valence-electron chi connectivity index (χ4n) is 1.39. The molecular weight excluding hydrogens is 296 g/mol. The summed E-state index contributed by atoms with van der Waals surface area (Å²) in [6, 6.07) is 6.59. The van der Waals surface area contributed by atoms with Crippen molar-refractivity contribution in [3.63, 3.8) is 0 Å². The maximum atomic E-state index is 11.6. The molecule has 0 saturated carbocycles. The molecule has 0 saturated heterocycles. The van der Waals surface area contributed by atoms with Crippen LogP contribution in [0.1, 0.15) is 5.76 Å². The Morgan fingerprint density at radius 2 is 2.24 bits per heavy atom. The van der Waals surface area contributed by atoms with Gasteiger partial charge in [-0.3, -0.25) is 4.79 Å². The number of ether oxygens (including phenoxy) is 1. The Morgan fingerprint density at radius 3 is 2.95 bits per heavy atom. The lowest BCUT2D eigenvalue weighted by atomic mass is 10.4. The number of hydrogen-bond donors (Lipinski definition) is 1. The van der Waals surface area contributed by atoms with Crippen molar-refractivity contribution in [1.29, 1.82) is 0 Å². The third-order valence-electron chi connectivity index (χ3n) is 2.31. The predicted molar refractivity (Wildman–Crippen MR) is 76.6 cm³/mol. The summed E-state index contributed by atoms with van der Waals surface area (Å²) in [6.07, 6.45) is 5.59. The Labute approximate surface area is 125 Å². The van der Waals surface area contributed by atoms with Crippen molar-refractivity contribution in [2.75, 3.05) is 11.9 Å². The number of pyridine rings is 1. The molecule has 0 aliphatic rings. The van der Waals surface area contributed by atoms with Crippen LogP contribution in [0, 0.1) is 0 Å². The van der Waals surface area contributed by atoms with Gasteiger partial charge in [-0.05, 0) is 30.3 Å². The van der Waals surface area contributed by atoms with E-state index in [2.05, 4.69) is 10.3 Å². The first-order chi connectivity index (χ1) is 10.1. The Morgan fingerprint density at radius 1 is 1.38 bits per heavy atom. The number of rotatable bonds is 5. The number of carbonyl (C=O) groups is 2. The van der Waals surface area contributed by atoms with E-state index in [1.165, 1.54) is 24.6 Å². The quantitative estimate of drug-likeness (QED) is 0.521. The number of esters is 1. The zero-order valence-corrected chi connectivity index (χ0v) is 11.5. The second-order valence-corrected chi connectivity index (χ2v) is 4.20. The summed E-state index contributed by atoms with van der Waals surface area (Å²) in [6.45, 7) is -0.424. The molecule has 0 spiro atoms. The molecule has 108 valence electrons. The molecule has 2 rings (SSSR count). The number of anilines is 1. The molecule has 1 N–H and O–H groups in total. The van der Waals surface area contributed by atoms with Gasteiger partial charge in [-0.15, -0.1) is 0 Å². The van der Waals surface area contributed by atoms with E-state index in [0.29, 0.717) is 11.4 Å². The maximum Gasteiger partial charge on any atom is 0.331 e. The third-order valence-corrected chi connectivity index (χ3v) is 2.61. The monoisotopic (exact) mass is 306 g/mol. The molecule has 0 aliphatic heterocycles. The lowest BCUT2D eigenvalue weighted by Crippen LogP contribution is -2.20. The van der Waals surface area contributed by atoms with Gasteiger partial charge in [0, 0.05) is 12.3 Å². The van der Waals surface area contributed by atoms with E-state index in [-0.39, 0.29) is 5.15 Å². The van der Waals surface area contributed by atoms with E-state index < -0.39 is 18.5 Å². The van der Waals surface area contributed by atoms with Gasteiger partial charge in [0.15, 0.2) is 11.8 Å². The molecule has 21 heavy (non-hydrogen) atoms. The standard InChI is InChI=1S/C14H11ClN2O4/c15-14-11(4-1-7-16-14)17-12(18)9-21-13(19)6-5-10-3-2-8-20-10/h1-8H,9H2,(H,17,18). The molecule has 0 fully saturated rings. The summed E-state index contributed by atoms with van der Waals surface area (Å²) in [4.78, 5) is 26.8. The minimum Gasteiger partial charge on any atom is -0.465 e. The van der Waals surface area contributed by atoms with E-state index in [0.717, 1.165) is 0 Å². The summed E-state index contributed by atoms with van der Waals surface area (Å²) in [5.41, 5.74) is 0.353. The number of nitrogens with zero attached hydrogens (tertiary/aromatic N) is 1. The molecule has 0 atom stereocenters. The number of nitrogens with one attached hydrogen (secondary N) is 1. The zero-order valence-electron chi connectivity index (χ0n) is 10.8. The first-order valence-electron chi connectivity index (χ1n) is 5.94. The number of furan rings is 1. The highest BCUT2D eigenvalue weighted by atomic mass is 35.5. The van der Waals surface area contributed by atoms with Gasteiger partial charge in [-0.2, -0.15) is 0 Å². The zero-order chi connectivity index (χ0) is 15.1. The highest BCUT2D eigenvalue weighted by molar-refractivity contribution is 6.32. The molecule has 6 nitrogen and oxygen atoms in total. The Balaban J connectivity index is 1.79. The smallest absolute Gasteiger partial charge is 0.331 e. The van der Waals surface area contributed by atoms with Crippen LogP contribution in [-0.4, -0.2) is 23.5 Å². The Kier molecular flexibility index (Phi) is 5.11. The first kappa shape index (κ1) is 14.8. The molecule has 2 aromatic rings. The van der Waals surface area contributed by atoms with E-state index in [4.69, 9.17) is 20.8 Å². The van der Waals surface area contributed by atoms with Crippen molar-refractivity contribution >= 4 is 35.2 Å². The van der Waals surface area contributed by atoms with Crippen LogP contribution in [-0.2, 0) is 14.3 Å². The molecule has 0 aromatic carbocycles. The van der Waals surface area contributed by atoms with Gasteiger partial charge in [0.2, 0.25) is 0 Å². The second kappa shape index (κ2) is 7.25. The van der Waals surface area contributed by atoms with Crippen LogP contribution < -0.4 is 5.32 Å². The van der Waals surface area contributed by atoms with Crippen LogP contribution in [0.4, 0.5) is 5.69 Å². The minimum atomic E-state index is -0.654. The van der Waals surface area contributed by atoms with Crippen LogP contribution >= 0.6 is 11.6 Å². The SMILES string of the molecule is O=C(COC(=O)C=Cc1ccco1)Nc1cccnc1Cl. The Hall–Kier alpha value is -2.60. The number of carbonyl (C=O) groups excluding carboxylic acids is 2. The third kappa shape index (κ3) is 4.77. The van der Waals surface area contributed by atoms with Gasteiger partial charge >= 0.3 is 5.97 Å². The van der Waals surface area contributed by atoms with Crippen LogP contribution in [0.3, 0.4) is 0 Å². The highest BCUT2D eigenvalue weighted by Crippen LogP contribution is 2.17. The van der Waals surface area contributed by atoms with Crippen molar-refractivity contribution in [3.8, 4) is 0 Å². The van der Waals surface area contributed by atoms with Crippen LogP contribution in [0.5, 0.6) is 0 Å². The lowest BCUT2D eigenvalue weighted by molar-refractivity contribution is -0.142. The van der Waals surface area contributed by atoms with Crippen molar-refractivity contribution in [2.24, 2.45) is 0 Å². The summed E-state index contributed by atoms with van der Waals surface area (Å²) in [5, 5.41) is 2.64. The molecule has 0 aliphatic carbocycles. The summed E-state index contributed by atoms with van der Waals surface area (Å²) >= 11 is 5.78. The van der Waals surface area contributed by atoms with Gasteiger partial charge in [0.05, 0.1) is 12.0 Å². The summed E-state index contributed by atoms with van der Waals surface area (Å²) in [5.74, 6) is -0.651. The minimum absolute atomic E-state index is 0.162. The predicted octanol–water partition coefficient (Wildman–Crippen LogP) is 2.52. The van der Waals surface area contributed by atoms with Crippen molar-refractivity contribution in [2.45, 2.75) is 0 Å². The molecule has 0 bridgehead atoms. The highest BCUT2D eigenvalue weighted by Gasteiger charge is 2.08. The first-order valence-corrected chi connectivity index (χ1v) is 6.31.